The van der Waals surface area contributed by atoms with E-state index in [2.05, 4.69) is 22.4 Å². The predicted molar refractivity (Wildman–Crippen MR) is 75.7 cm³/mol. The van der Waals surface area contributed by atoms with Crippen LogP contribution in [0.5, 0.6) is 0 Å². The van der Waals surface area contributed by atoms with E-state index in [1.807, 2.05) is 48.5 Å². The van der Waals surface area contributed by atoms with E-state index < -0.39 is 0 Å². The topological polar surface area (TPSA) is 72.3 Å². The van der Waals surface area contributed by atoms with Crippen molar-refractivity contribution < 1.29 is 0 Å². The minimum absolute atomic E-state index is 0.401. The molecule has 0 spiro atoms. The van der Waals surface area contributed by atoms with Crippen LogP contribution < -0.4 is 0 Å². The molecule has 0 aliphatic heterocycles. The molecule has 0 fully saturated rings. The lowest BCUT2D eigenvalue weighted by Gasteiger charge is -1.97. The molecule has 2 aromatic rings. The van der Waals surface area contributed by atoms with Gasteiger partial charge < -0.3 is 0 Å². The van der Waals surface area contributed by atoms with Crippen molar-refractivity contribution in [2.45, 2.75) is 12.8 Å². The number of azo groups is 1. The molecule has 2 aromatic carbocycles. The Hall–Kier alpha value is -2.98. The second kappa shape index (κ2) is 6.82. The third-order valence-electron chi connectivity index (χ3n) is 2.72. The van der Waals surface area contributed by atoms with Gasteiger partial charge in [0.05, 0.1) is 36.4 Å². The highest BCUT2D eigenvalue weighted by molar-refractivity contribution is 5.42. The largest absolute Gasteiger partial charge is 0.198 e. The highest BCUT2D eigenvalue weighted by Crippen LogP contribution is 2.19. The zero-order chi connectivity index (χ0) is 14.2. The molecule has 0 aliphatic carbocycles. The first-order chi connectivity index (χ1) is 9.81. The molecule has 0 aliphatic rings. The Bertz CT molecular complexity index is 609. The first-order valence-electron chi connectivity index (χ1n) is 6.15. The number of rotatable bonds is 4. The minimum atomic E-state index is 0.401. The lowest BCUT2D eigenvalue weighted by Crippen LogP contribution is -1.79. The Kier molecular flexibility index (Phi) is 4.59. The smallest absolute Gasteiger partial charge is 0.0857 e. The summed E-state index contributed by atoms with van der Waals surface area (Å²) in [6, 6.07) is 19.0. The van der Waals surface area contributed by atoms with Crippen LogP contribution >= 0.6 is 0 Å². The van der Waals surface area contributed by atoms with Gasteiger partial charge in [0.2, 0.25) is 0 Å². The first-order valence-corrected chi connectivity index (χ1v) is 6.15. The van der Waals surface area contributed by atoms with Gasteiger partial charge in [0.25, 0.3) is 0 Å². The lowest BCUT2D eigenvalue weighted by molar-refractivity contribution is 1.20. The van der Waals surface area contributed by atoms with Gasteiger partial charge in [0.15, 0.2) is 0 Å². The zero-order valence-electron chi connectivity index (χ0n) is 10.8. The van der Waals surface area contributed by atoms with E-state index in [-0.39, 0.29) is 0 Å². The molecule has 0 radical (unpaired) electrons. The summed E-state index contributed by atoms with van der Waals surface area (Å²) in [7, 11) is 0. The fourth-order valence-corrected chi connectivity index (χ4v) is 1.66. The quantitative estimate of drug-likeness (QED) is 0.771. The van der Waals surface area contributed by atoms with Crippen molar-refractivity contribution in [1.82, 2.24) is 0 Å². The van der Waals surface area contributed by atoms with Crippen LogP contribution in [0.15, 0.2) is 58.8 Å². The van der Waals surface area contributed by atoms with Crippen LogP contribution in [0.3, 0.4) is 0 Å². The van der Waals surface area contributed by atoms with Crippen molar-refractivity contribution in [3.8, 4) is 12.1 Å². The average molecular weight is 260 g/mol. The van der Waals surface area contributed by atoms with Gasteiger partial charge in [-0.15, -0.1) is 0 Å². The summed E-state index contributed by atoms with van der Waals surface area (Å²) < 4.78 is 0. The zero-order valence-corrected chi connectivity index (χ0v) is 10.8. The van der Waals surface area contributed by atoms with E-state index >= 15 is 0 Å². The van der Waals surface area contributed by atoms with Crippen molar-refractivity contribution in [1.29, 1.82) is 10.5 Å². The van der Waals surface area contributed by atoms with Crippen LogP contribution in [0.25, 0.3) is 0 Å². The SMILES string of the molecule is N#CCc1ccc(N=Nc2ccc(CC#N)cc2)cc1. The van der Waals surface area contributed by atoms with Crippen molar-refractivity contribution in [3.05, 3.63) is 59.7 Å². The fourth-order valence-electron chi connectivity index (χ4n) is 1.66. The Morgan fingerprint density at radius 1 is 0.650 bits per heavy atom. The van der Waals surface area contributed by atoms with Crippen LogP contribution in [0.2, 0.25) is 0 Å². The Balaban J connectivity index is 2.05. The van der Waals surface area contributed by atoms with Gasteiger partial charge in [0, 0.05) is 0 Å². The van der Waals surface area contributed by atoms with Gasteiger partial charge in [-0.1, -0.05) is 24.3 Å². The van der Waals surface area contributed by atoms with E-state index in [0.717, 1.165) is 22.5 Å². The van der Waals surface area contributed by atoms with E-state index in [1.54, 1.807) is 0 Å². The second-order valence-electron chi connectivity index (χ2n) is 4.20. The standard InChI is InChI=1S/C16H12N4/c17-11-9-13-1-5-15(6-2-13)19-20-16-7-3-14(4-8-16)10-12-18/h1-8H,9-10H2. The summed E-state index contributed by atoms with van der Waals surface area (Å²) in [4.78, 5) is 0. The molecule has 0 unspecified atom stereocenters. The molecular formula is C16H12N4. The Labute approximate surface area is 117 Å². The first kappa shape index (κ1) is 13.5. The van der Waals surface area contributed by atoms with E-state index in [0.29, 0.717) is 12.8 Å². The Morgan fingerprint density at radius 3 is 1.30 bits per heavy atom. The summed E-state index contributed by atoms with van der Waals surface area (Å²) >= 11 is 0. The third kappa shape index (κ3) is 3.76. The summed E-state index contributed by atoms with van der Waals surface area (Å²) in [5, 5.41) is 25.4. The van der Waals surface area contributed by atoms with E-state index in [4.69, 9.17) is 10.5 Å². The highest BCUT2D eigenvalue weighted by Gasteiger charge is 1.95. The molecule has 0 bridgehead atoms. The van der Waals surface area contributed by atoms with Crippen molar-refractivity contribution >= 4 is 11.4 Å². The summed E-state index contributed by atoms with van der Waals surface area (Å²) in [6.45, 7) is 0. The number of hydrogen-bond acceptors (Lipinski definition) is 4. The summed E-state index contributed by atoms with van der Waals surface area (Å²) in [5.41, 5.74) is 3.42. The maximum absolute atomic E-state index is 8.59. The van der Waals surface area contributed by atoms with Crippen LogP contribution in [0, 0.1) is 22.7 Å². The minimum Gasteiger partial charge on any atom is -0.198 e. The van der Waals surface area contributed by atoms with Gasteiger partial charge in [0.1, 0.15) is 0 Å². The molecular weight excluding hydrogens is 248 g/mol. The molecule has 0 saturated heterocycles. The maximum Gasteiger partial charge on any atom is 0.0857 e. The van der Waals surface area contributed by atoms with Crippen LogP contribution in [-0.2, 0) is 12.8 Å². The molecule has 96 valence electrons. The second-order valence-corrected chi connectivity index (χ2v) is 4.20. The van der Waals surface area contributed by atoms with Gasteiger partial charge in [-0.2, -0.15) is 20.8 Å². The van der Waals surface area contributed by atoms with Gasteiger partial charge in [-0.3, -0.25) is 0 Å². The van der Waals surface area contributed by atoms with Crippen LogP contribution in [-0.4, -0.2) is 0 Å². The van der Waals surface area contributed by atoms with Crippen molar-refractivity contribution in [3.63, 3.8) is 0 Å². The molecule has 0 saturated carbocycles. The molecule has 0 amide bonds. The van der Waals surface area contributed by atoms with E-state index in [9.17, 15) is 0 Å². The summed E-state index contributed by atoms with van der Waals surface area (Å²) in [5.74, 6) is 0. The average Bonchev–Trinajstić information content (AvgIpc) is 2.49. The van der Waals surface area contributed by atoms with Crippen LogP contribution in [0.4, 0.5) is 11.4 Å². The lowest BCUT2D eigenvalue weighted by atomic mass is 10.1. The molecule has 4 nitrogen and oxygen atoms in total. The maximum atomic E-state index is 8.59. The molecule has 20 heavy (non-hydrogen) atoms. The monoisotopic (exact) mass is 260 g/mol. The number of benzene rings is 2. The van der Waals surface area contributed by atoms with Gasteiger partial charge >= 0.3 is 0 Å². The van der Waals surface area contributed by atoms with Gasteiger partial charge in [-0.05, 0) is 35.4 Å². The predicted octanol–water partition coefficient (Wildman–Crippen LogP) is 4.23. The number of hydrogen-bond donors (Lipinski definition) is 0. The molecule has 0 atom stereocenters. The summed E-state index contributed by atoms with van der Waals surface area (Å²) in [6.07, 6.45) is 0.801. The Morgan fingerprint density at radius 2 is 1.00 bits per heavy atom. The fraction of sp³-hybridized carbons (Fsp3) is 0.125. The van der Waals surface area contributed by atoms with Crippen molar-refractivity contribution in [2.75, 3.05) is 0 Å². The molecule has 2 rings (SSSR count). The molecule has 4 heteroatoms. The number of nitrogens with zero attached hydrogens (tertiary/aromatic N) is 4. The molecule has 0 heterocycles. The molecule has 0 N–H and O–H groups in total. The highest BCUT2D eigenvalue weighted by atomic mass is 15.1. The molecule has 0 aromatic heterocycles. The van der Waals surface area contributed by atoms with Gasteiger partial charge in [-0.25, -0.2) is 0 Å². The van der Waals surface area contributed by atoms with E-state index in [1.165, 1.54) is 0 Å². The third-order valence-corrected chi connectivity index (χ3v) is 2.72. The van der Waals surface area contributed by atoms with Crippen molar-refractivity contribution in [2.24, 2.45) is 10.2 Å². The number of nitriles is 2. The normalized spacial score (nSPS) is 10.1. The van der Waals surface area contributed by atoms with Crippen LogP contribution in [0.1, 0.15) is 11.1 Å².